The molecule has 0 spiro atoms. The maximum absolute atomic E-state index is 6.67. The second-order valence-corrected chi connectivity index (χ2v) is 37.6. The van der Waals surface area contributed by atoms with Crippen molar-refractivity contribution < 1.29 is 17.7 Å². The van der Waals surface area contributed by atoms with Crippen molar-refractivity contribution in [1.29, 1.82) is 0 Å². The van der Waals surface area contributed by atoms with E-state index in [1.165, 1.54) is 131 Å². The normalized spacial score (nSPS) is 12.2. The van der Waals surface area contributed by atoms with Gasteiger partial charge in [0.05, 0.1) is 17.1 Å². The highest BCUT2D eigenvalue weighted by Crippen LogP contribution is 2.56. The largest absolute Gasteiger partial charge is 0.456 e. The summed E-state index contributed by atoms with van der Waals surface area (Å²) in [6.07, 6.45) is 0. The molecule has 29 rings (SSSR count). The summed E-state index contributed by atoms with van der Waals surface area (Å²) in [7, 11) is 0. The SMILES string of the molecule is CC1(C)c2ccccc2-c2ccc(N(c3ccc(-c4ccccc4)cc3)c3cc4oc5ccccc5c4c4c3ccc3ccccc34)cc21.c1ccc(-c2ccc(N(c3ccc(-c4ccccc4)cc3)c3cc4oc5ccccc5c4c4c3ccc3ccccc34)cc2)cc1.c1ccc(-c2ccc(N(c3ccc4oc5ccccc5c4c3)c3cc4ccc5oc6ccccc6c5c4c4ccccc34)cc2)cc1. The number of hydrogen-bond donors (Lipinski definition) is 0. The lowest BCUT2D eigenvalue weighted by Gasteiger charge is -2.29. The fourth-order valence-electron chi connectivity index (χ4n) is 22.4. The average molecular weight is 1820 g/mol. The van der Waals surface area contributed by atoms with Crippen LogP contribution in [-0.2, 0) is 5.41 Å². The Morgan fingerprint density at radius 2 is 0.458 bits per heavy atom. The van der Waals surface area contributed by atoms with Crippen LogP contribution in [0.1, 0.15) is 25.0 Å². The van der Waals surface area contributed by atoms with Gasteiger partial charge < -0.3 is 32.4 Å². The summed E-state index contributed by atoms with van der Waals surface area (Å²) in [5.74, 6) is 0. The van der Waals surface area contributed by atoms with Crippen molar-refractivity contribution in [3.05, 3.63) is 515 Å². The highest BCUT2D eigenvalue weighted by Gasteiger charge is 2.37. The Balaban J connectivity index is 0.000000107. The molecule has 0 atom stereocenters. The van der Waals surface area contributed by atoms with Gasteiger partial charge in [-0.3, -0.25) is 0 Å². The van der Waals surface area contributed by atoms with E-state index in [1.54, 1.807) is 0 Å². The van der Waals surface area contributed by atoms with E-state index in [1.807, 2.05) is 30.3 Å². The summed E-state index contributed by atoms with van der Waals surface area (Å²) in [6.45, 7) is 4.70. The molecule has 1 aliphatic carbocycles. The first-order valence-corrected chi connectivity index (χ1v) is 48.6. The molecule has 0 fully saturated rings. The zero-order valence-corrected chi connectivity index (χ0v) is 77.9. The summed E-state index contributed by atoms with van der Waals surface area (Å²) < 4.78 is 25.8. The van der Waals surface area contributed by atoms with Crippen LogP contribution in [0.4, 0.5) is 51.2 Å². The van der Waals surface area contributed by atoms with Crippen LogP contribution >= 0.6 is 0 Å². The zero-order valence-electron chi connectivity index (χ0n) is 77.9. The third-order valence-corrected chi connectivity index (χ3v) is 29.1. The van der Waals surface area contributed by atoms with Crippen LogP contribution in [0.5, 0.6) is 0 Å². The van der Waals surface area contributed by atoms with Gasteiger partial charge in [0.1, 0.15) is 44.7 Å². The fraction of sp³-hybridized carbons (Fsp3) is 0.0222. The van der Waals surface area contributed by atoms with Crippen molar-refractivity contribution in [3.8, 4) is 55.6 Å². The molecule has 7 heteroatoms. The van der Waals surface area contributed by atoms with E-state index in [0.717, 1.165) is 139 Å². The average Bonchev–Trinajstić information content (AvgIpc) is 1.48. The lowest BCUT2D eigenvalue weighted by Crippen LogP contribution is -2.16. The molecule has 142 heavy (non-hydrogen) atoms. The number of nitrogens with zero attached hydrogens (tertiary/aromatic N) is 3. The van der Waals surface area contributed by atoms with Gasteiger partial charge in [-0.1, -0.05) is 390 Å². The molecule has 0 saturated carbocycles. The standard InChI is InChI=1S/C47H33NO.C44H27NO2.C44H29NO/c1-47(2)40-18-10-8-16-36(40)37-27-25-34(28-41(37)47)48(33-23-20-31(21-24-33)30-12-4-3-5-13-30)42-29-44-46(39-17-9-11-19-43(39)49-44)45-35-15-7-6-14-32(35)22-26-38(42)45;1-2-10-28(11-3-1)29-18-21-31(22-19-29)45(32-23-25-41-37(27-32)34-13-6-8-16-39(34)46-41)38-26-30-20-24-42-44(36-15-7-9-17-40(36)47-42)43(30)35-14-5-4-12-33(35)38;1-3-11-30(12-4-1)32-19-24-35(25-20-32)45(36-26-21-33(22-27-36)31-13-5-2-6-14-31)40-29-42-44(39-17-9-10-18-41(39)46-42)43-37-16-8-7-15-34(37)23-28-38(40)43/h3-29H,1-2H3;1-27H;1-29H. The Labute approximate surface area is 819 Å². The van der Waals surface area contributed by atoms with Crippen molar-refractivity contribution in [2.75, 3.05) is 14.7 Å². The molecular weight excluding hydrogens is 1730 g/mol. The van der Waals surface area contributed by atoms with Gasteiger partial charge in [0.25, 0.3) is 0 Å². The van der Waals surface area contributed by atoms with E-state index in [2.05, 4.69) is 502 Å². The molecule has 0 amide bonds. The highest BCUT2D eigenvalue weighted by atomic mass is 16.3. The van der Waals surface area contributed by atoms with Gasteiger partial charge in [-0.25, -0.2) is 0 Å². The summed E-state index contributed by atoms with van der Waals surface area (Å²) in [4.78, 5) is 7.18. The van der Waals surface area contributed by atoms with Crippen molar-refractivity contribution in [3.63, 3.8) is 0 Å². The number of benzene rings is 24. The second kappa shape index (κ2) is 34.0. The number of hydrogen-bond acceptors (Lipinski definition) is 7. The molecule has 0 radical (unpaired) electrons. The second-order valence-electron chi connectivity index (χ2n) is 37.6. The van der Waals surface area contributed by atoms with E-state index in [0.29, 0.717) is 0 Å². The first-order valence-electron chi connectivity index (χ1n) is 48.6. The summed E-state index contributed by atoms with van der Waals surface area (Å²) in [6, 6.07) is 180. The van der Waals surface area contributed by atoms with Crippen molar-refractivity contribution in [1.82, 2.24) is 0 Å². The Morgan fingerprint density at radius 3 is 0.923 bits per heavy atom. The molecule has 0 N–H and O–H groups in total. The van der Waals surface area contributed by atoms with Crippen LogP contribution in [0.2, 0.25) is 0 Å². The van der Waals surface area contributed by atoms with Gasteiger partial charge in [0.15, 0.2) is 0 Å². The topological polar surface area (TPSA) is 62.3 Å². The molecule has 28 aromatic rings. The van der Waals surface area contributed by atoms with E-state index < -0.39 is 0 Å². The van der Waals surface area contributed by atoms with Gasteiger partial charge in [0.2, 0.25) is 0 Å². The quantitative estimate of drug-likeness (QED) is 0.107. The minimum absolute atomic E-state index is 0.119. The van der Waals surface area contributed by atoms with Crippen molar-refractivity contribution in [2.24, 2.45) is 0 Å². The van der Waals surface area contributed by atoms with Gasteiger partial charge in [-0.2, -0.15) is 0 Å². The van der Waals surface area contributed by atoms with Gasteiger partial charge in [-0.05, 0) is 214 Å². The predicted octanol–water partition coefficient (Wildman–Crippen LogP) is 39.0. The highest BCUT2D eigenvalue weighted by molar-refractivity contribution is 6.33. The lowest BCUT2D eigenvalue weighted by atomic mass is 9.82. The summed E-state index contributed by atoms with van der Waals surface area (Å²) in [5, 5.41) is 23.5. The van der Waals surface area contributed by atoms with Crippen molar-refractivity contribution >= 4 is 204 Å². The predicted molar refractivity (Wildman–Crippen MR) is 597 cm³/mol. The molecule has 7 nitrogen and oxygen atoms in total. The van der Waals surface area contributed by atoms with E-state index in [-0.39, 0.29) is 5.41 Å². The maximum Gasteiger partial charge on any atom is 0.138 e. The molecule has 4 heterocycles. The van der Waals surface area contributed by atoms with Gasteiger partial charge in [-0.15, -0.1) is 0 Å². The Morgan fingerprint density at radius 1 is 0.155 bits per heavy atom. The van der Waals surface area contributed by atoms with Crippen LogP contribution in [0.25, 0.3) is 208 Å². The van der Waals surface area contributed by atoms with Gasteiger partial charge >= 0.3 is 0 Å². The van der Waals surface area contributed by atoms with Crippen molar-refractivity contribution in [2.45, 2.75) is 19.3 Å². The summed E-state index contributed by atoms with van der Waals surface area (Å²) >= 11 is 0. The first-order chi connectivity index (χ1) is 70.2. The fourth-order valence-corrected chi connectivity index (χ4v) is 22.4. The number of furan rings is 4. The third kappa shape index (κ3) is 14.0. The molecular formula is C135H89N3O4. The number of anilines is 9. The Hall–Kier alpha value is -18.6. The Kier molecular flexibility index (Phi) is 19.8. The van der Waals surface area contributed by atoms with E-state index in [9.17, 15) is 0 Å². The molecule has 0 saturated heterocycles. The van der Waals surface area contributed by atoms with Crippen LogP contribution < -0.4 is 14.7 Å². The Bertz CT molecular complexity index is 9730. The zero-order chi connectivity index (χ0) is 94.0. The maximum atomic E-state index is 6.67. The van der Waals surface area contributed by atoms with Crippen LogP contribution in [0.15, 0.2) is 521 Å². The number of rotatable bonds is 13. The minimum atomic E-state index is -0.119. The van der Waals surface area contributed by atoms with E-state index in [4.69, 9.17) is 17.7 Å². The monoisotopic (exact) mass is 1820 g/mol. The molecule has 0 aliphatic heterocycles. The first kappa shape index (κ1) is 82.9. The molecule has 1 aliphatic rings. The smallest absolute Gasteiger partial charge is 0.138 e. The number of fused-ring (bicyclic) bond motifs is 27. The van der Waals surface area contributed by atoms with Gasteiger partial charge in [0, 0.05) is 127 Å². The summed E-state index contributed by atoms with van der Waals surface area (Å²) in [5.41, 5.74) is 31.8. The molecule has 0 unspecified atom stereocenters. The molecule has 24 aromatic carbocycles. The minimum Gasteiger partial charge on any atom is -0.456 e. The van der Waals surface area contributed by atoms with Crippen LogP contribution in [0, 0.1) is 0 Å². The molecule has 4 aromatic heterocycles. The number of para-hydroxylation sites is 4. The van der Waals surface area contributed by atoms with Crippen LogP contribution in [0.3, 0.4) is 0 Å². The molecule has 668 valence electrons. The lowest BCUT2D eigenvalue weighted by molar-refractivity contribution is 0.660. The third-order valence-electron chi connectivity index (χ3n) is 29.1. The molecule has 0 bridgehead atoms. The van der Waals surface area contributed by atoms with E-state index >= 15 is 0 Å². The van der Waals surface area contributed by atoms with Crippen LogP contribution in [-0.4, -0.2) is 0 Å².